The molecule has 0 radical (unpaired) electrons. The van der Waals surface area contributed by atoms with Crippen LogP contribution < -0.4 is 0 Å². The van der Waals surface area contributed by atoms with Crippen molar-refractivity contribution in [3.8, 4) is 0 Å². The number of aryl methyl sites for hydroxylation is 1. The van der Waals surface area contributed by atoms with E-state index in [1.54, 1.807) is 9.80 Å². The van der Waals surface area contributed by atoms with Gasteiger partial charge in [-0.2, -0.15) is 26.3 Å². The van der Waals surface area contributed by atoms with Gasteiger partial charge >= 0.3 is 24.1 Å². The fourth-order valence-electron chi connectivity index (χ4n) is 5.31. The van der Waals surface area contributed by atoms with Gasteiger partial charge in [0.15, 0.2) is 0 Å². The van der Waals surface area contributed by atoms with E-state index in [0.29, 0.717) is 49.5 Å². The smallest absolute Gasteiger partial charge is 0.321 e. The molecule has 3 aliphatic rings. The van der Waals surface area contributed by atoms with Gasteiger partial charge in [0, 0.05) is 36.8 Å². The van der Waals surface area contributed by atoms with Gasteiger partial charge in [-0.25, -0.2) is 9.18 Å². The zero-order chi connectivity index (χ0) is 24.3. The largest absolute Gasteiger partial charge is 0.435 e. The van der Waals surface area contributed by atoms with Crippen LogP contribution in [0, 0.1) is 5.92 Å². The molecular weight excluding hydrogens is 453 g/mol. The number of carbonyl (C=O) groups excluding carboxylic acids is 1. The van der Waals surface area contributed by atoms with Crippen LogP contribution in [-0.4, -0.2) is 47.3 Å². The number of urea groups is 1. The van der Waals surface area contributed by atoms with Gasteiger partial charge in [0.25, 0.3) is 0 Å². The van der Waals surface area contributed by atoms with Crippen molar-refractivity contribution in [2.24, 2.45) is 5.92 Å². The Morgan fingerprint density at radius 2 is 1.64 bits per heavy atom. The molecule has 0 aromatic heterocycles. The molecule has 1 fully saturated rings. The Bertz CT molecular complexity index is 955. The average molecular weight is 478 g/mol. The number of hydrogen-bond acceptors (Lipinski definition) is 1. The van der Waals surface area contributed by atoms with Crippen molar-refractivity contribution in [2.75, 3.05) is 13.1 Å². The van der Waals surface area contributed by atoms with Crippen molar-refractivity contribution in [3.63, 3.8) is 0 Å². The lowest BCUT2D eigenvalue weighted by molar-refractivity contribution is -0.348. The van der Waals surface area contributed by atoms with Crippen molar-refractivity contribution in [1.82, 2.24) is 9.80 Å². The maximum atomic E-state index is 14.5. The number of fused-ring (bicyclic) bond motifs is 3. The van der Waals surface area contributed by atoms with Crippen molar-refractivity contribution in [3.05, 3.63) is 46.7 Å². The Morgan fingerprint density at radius 3 is 2.24 bits per heavy atom. The minimum absolute atomic E-state index is 0.134. The first kappa shape index (κ1) is 23.9. The summed E-state index contributed by atoms with van der Waals surface area (Å²) in [4.78, 5) is 16.6. The normalized spacial score (nSPS) is 26.1. The summed E-state index contributed by atoms with van der Waals surface area (Å²) < 4.78 is 93.4. The van der Waals surface area contributed by atoms with Crippen LogP contribution >= 0.6 is 0 Å². The fourth-order valence-corrected chi connectivity index (χ4v) is 5.31. The minimum Gasteiger partial charge on any atom is -0.321 e. The maximum Gasteiger partial charge on any atom is 0.435 e. The van der Waals surface area contributed by atoms with E-state index >= 15 is 0 Å². The third kappa shape index (κ3) is 3.79. The minimum atomic E-state index is -6.13. The van der Waals surface area contributed by atoms with E-state index in [0.717, 1.165) is 12.0 Å². The predicted octanol–water partition coefficient (Wildman–Crippen LogP) is 6.45. The van der Waals surface area contributed by atoms with Crippen molar-refractivity contribution in [2.45, 2.75) is 69.5 Å². The second-order valence-corrected chi connectivity index (χ2v) is 9.30. The zero-order valence-corrected chi connectivity index (χ0v) is 18.2. The second-order valence-electron chi connectivity index (χ2n) is 9.30. The standard InChI is InChI=1S/C23H25F7N2O/c1-13-7-9-31(12-14(13)2)20(33)32-10-8-18-17-5-4-16(11-15(17)3-6-19(18)32)21(24,22(25,26)27)23(28,29)30/h4-5,11-13,18-19H,3,6-10H2,1-2H3. The van der Waals surface area contributed by atoms with Crippen LogP contribution in [0.3, 0.4) is 0 Å². The van der Waals surface area contributed by atoms with Crippen LogP contribution in [0.25, 0.3) is 0 Å². The quantitative estimate of drug-likeness (QED) is 0.426. The Balaban J connectivity index is 1.60. The zero-order valence-electron chi connectivity index (χ0n) is 18.2. The maximum absolute atomic E-state index is 14.5. The molecule has 1 saturated heterocycles. The number of nitrogens with zero attached hydrogens (tertiary/aromatic N) is 2. The predicted molar refractivity (Wildman–Crippen MR) is 107 cm³/mol. The fraction of sp³-hybridized carbons (Fsp3) is 0.609. The number of alkyl halides is 7. The highest BCUT2D eigenvalue weighted by molar-refractivity contribution is 5.77. The Hall–Kier alpha value is -2.26. The van der Waals surface area contributed by atoms with E-state index in [1.807, 2.05) is 13.1 Å². The molecule has 33 heavy (non-hydrogen) atoms. The summed E-state index contributed by atoms with van der Waals surface area (Å²) in [5, 5.41) is 0. The van der Waals surface area contributed by atoms with Gasteiger partial charge in [-0.3, -0.25) is 0 Å². The molecule has 4 rings (SSSR count). The van der Waals surface area contributed by atoms with E-state index in [-0.39, 0.29) is 30.0 Å². The van der Waals surface area contributed by atoms with Crippen LogP contribution in [0.1, 0.15) is 55.7 Å². The molecule has 0 spiro atoms. The van der Waals surface area contributed by atoms with Crippen LogP contribution in [0.4, 0.5) is 35.5 Å². The van der Waals surface area contributed by atoms with E-state index in [4.69, 9.17) is 0 Å². The molecule has 10 heteroatoms. The molecule has 2 aliphatic heterocycles. The SMILES string of the molecule is CC1=CN(C(=O)N2CCC3c4ccc(C(F)(C(F)(F)F)C(F)(F)F)cc4CCC32)CCC1C. The molecule has 3 nitrogen and oxygen atoms in total. The molecule has 1 aliphatic carbocycles. The highest BCUT2D eigenvalue weighted by Crippen LogP contribution is 2.54. The number of likely N-dealkylation sites (tertiary alicyclic amines) is 1. The first-order valence-corrected chi connectivity index (χ1v) is 11.0. The number of allylic oxidation sites excluding steroid dienone is 1. The molecule has 1 aromatic rings. The number of amides is 2. The molecule has 2 amide bonds. The number of halogens is 7. The van der Waals surface area contributed by atoms with Crippen molar-refractivity contribution in [1.29, 1.82) is 0 Å². The topological polar surface area (TPSA) is 23.6 Å². The van der Waals surface area contributed by atoms with Crippen molar-refractivity contribution >= 4 is 6.03 Å². The van der Waals surface area contributed by atoms with Gasteiger partial charge in [-0.05, 0) is 49.7 Å². The summed E-state index contributed by atoms with van der Waals surface area (Å²) in [6, 6.07) is 2.14. The summed E-state index contributed by atoms with van der Waals surface area (Å²) >= 11 is 0. The molecule has 3 unspecified atom stereocenters. The Labute approximate surface area is 187 Å². The van der Waals surface area contributed by atoms with E-state index in [9.17, 15) is 35.5 Å². The third-order valence-corrected chi connectivity index (χ3v) is 7.41. The highest BCUT2D eigenvalue weighted by atomic mass is 19.4. The summed E-state index contributed by atoms with van der Waals surface area (Å²) in [6.07, 6.45) is -8.44. The first-order chi connectivity index (χ1) is 15.3. The number of benzene rings is 1. The average Bonchev–Trinajstić information content (AvgIpc) is 3.17. The van der Waals surface area contributed by atoms with Crippen molar-refractivity contribution < 1.29 is 35.5 Å². The van der Waals surface area contributed by atoms with Crippen LogP contribution in [-0.2, 0) is 12.1 Å². The molecule has 1 aromatic carbocycles. The molecule has 2 heterocycles. The van der Waals surface area contributed by atoms with E-state index < -0.39 is 23.6 Å². The van der Waals surface area contributed by atoms with Gasteiger partial charge in [0.05, 0.1) is 0 Å². The van der Waals surface area contributed by atoms with Gasteiger partial charge < -0.3 is 9.80 Å². The monoisotopic (exact) mass is 478 g/mol. The lowest BCUT2D eigenvalue weighted by Gasteiger charge is -2.37. The Morgan fingerprint density at radius 1 is 0.970 bits per heavy atom. The second kappa shape index (κ2) is 7.91. The first-order valence-electron chi connectivity index (χ1n) is 11.0. The van der Waals surface area contributed by atoms with Gasteiger partial charge in [-0.15, -0.1) is 0 Å². The highest BCUT2D eigenvalue weighted by Gasteiger charge is 2.73. The summed E-state index contributed by atoms with van der Waals surface area (Å²) in [5.41, 5.74) is -4.90. The number of carbonyl (C=O) groups is 1. The van der Waals surface area contributed by atoms with Gasteiger partial charge in [-0.1, -0.05) is 30.7 Å². The summed E-state index contributed by atoms with van der Waals surface area (Å²) in [6.45, 7) is 5.11. The van der Waals surface area contributed by atoms with Gasteiger partial charge in [0.2, 0.25) is 0 Å². The van der Waals surface area contributed by atoms with E-state index in [2.05, 4.69) is 6.92 Å². The van der Waals surface area contributed by atoms with Crippen LogP contribution in [0.2, 0.25) is 0 Å². The van der Waals surface area contributed by atoms with E-state index in [1.165, 1.54) is 6.07 Å². The molecule has 182 valence electrons. The summed E-state index contributed by atoms with van der Waals surface area (Å²) in [7, 11) is 0. The van der Waals surface area contributed by atoms with Crippen LogP contribution in [0.15, 0.2) is 30.0 Å². The molecule has 3 atom stereocenters. The molecule has 0 bridgehead atoms. The van der Waals surface area contributed by atoms with Crippen LogP contribution in [0.5, 0.6) is 0 Å². The molecule has 0 saturated carbocycles. The number of rotatable bonds is 1. The lowest BCUT2D eigenvalue weighted by atomic mass is 9.77. The summed E-state index contributed by atoms with van der Waals surface area (Å²) in [5.74, 6) is 0.193. The number of hydrogen-bond donors (Lipinski definition) is 0. The lowest BCUT2D eigenvalue weighted by Crippen LogP contribution is -2.50. The Kier molecular flexibility index (Phi) is 5.72. The molecule has 0 N–H and O–H groups in total. The third-order valence-electron chi connectivity index (χ3n) is 7.41. The van der Waals surface area contributed by atoms with Gasteiger partial charge in [0.1, 0.15) is 0 Å². The molecular formula is C23H25F7N2O.